The summed E-state index contributed by atoms with van der Waals surface area (Å²) in [6.07, 6.45) is 5.00. The number of hydrogen-bond acceptors (Lipinski definition) is 4. The van der Waals surface area contributed by atoms with Gasteiger partial charge in [0.15, 0.2) is 0 Å². The third-order valence-electron chi connectivity index (χ3n) is 4.04. The number of nitrogens with one attached hydrogen (secondary N) is 1. The van der Waals surface area contributed by atoms with Gasteiger partial charge in [0.25, 0.3) is 0 Å². The molecule has 1 heterocycles. The third-order valence-corrected chi connectivity index (χ3v) is 4.68. The fraction of sp³-hybridized carbons (Fsp3) is 0.400. The minimum Gasteiger partial charge on any atom is -0.496 e. The zero-order valence-electron chi connectivity index (χ0n) is 11.4. The van der Waals surface area contributed by atoms with Gasteiger partial charge in [-0.15, -0.1) is 0 Å². The molecule has 1 aliphatic carbocycles. The first-order valence-electron chi connectivity index (χ1n) is 6.88. The highest BCUT2D eigenvalue weighted by atomic mass is 79.9. The van der Waals surface area contributed by atoms with E-state index in [0.29, 0.717) is 5.92 Å². The lowest BCUT2D eigenvalue weighted by atomic mass is 10.0. The number of anilines is 1. The Kier molecular flexibility index (Phi) is 3.81. The molecule has 0 saturated heterocycles. The number of fused-ring (bicyclic) bond motifs is 1. The van der Waals surface area contributed by atoms with Crippen LogP contribution in [-0.2, 0) is 0 Å². The SMILES string of the molecule is COc1ccc(Br)c2nc(C3CCCC3)cc(NN)c12. The van der Waals surface area contributed by atoms with Crippen molar-refractivity contribution < 1.29 is 4.74 Å². The number of hydrogen-bond donors (Lipinski definition) is 2. The number of nitrogen functional groups attached to an aromatic ring is 1. The standard InChI is InChI=1S/C15H18BrN3O/c1-20-13-7-6-10(16)15-14(13)12(19-17)8-11(18-15)9-4-2-3-5-9/h6-9H,2-5,17H2,1H3,(H,18,19). The van der Waals surface area contributed by atoms with Crippen molar-refractivity contribution in [1.29, 1.82) is 0 Å². The average molecular weight is 336 g/mol. The van der Waals surface area contributed by atoms with Crippen LogP contribution in [0.3, 0.4) is 0 Å². The molecule has 0 bridgehead atoms. The van der Waals surface area contributed by atoms with E-state index in [2.05, 4.69) is 27.4 Å². The minimum atomic E-state index is 0.546. The van der Waals surface area contributed by atoms with E-state index in [1.165, 1.54) is 25.7 Å². The van der Waals surface area contributed by atoms with Crippen molar-refractivity contribution in [1.82, 2.24) is 4.98 Å². The van der Waals surface area contributed by atoms with E-state index in [1.54, 1.807) is 7.11 Å². The van der Waals surface area contributed by atoms with Crippen LogP contribution in [0.2, 0.25) is 0 Å². The van der Waals surface area contributed by atoms with E-state index in [0.717, 1.165) is 32.5 Å². The molecule has 0 spiro atoms. The fourth-order valence-electron chi connectivity index (χ4n) is 3.01. The van der Waals surface area contributed by atoms with E-state index >= 15 is 0 Å². The molecule has 1 saturated carbocycles. The van der Waals surface area contributed by atoms with Crippen molar-refractivity contribution in [3.8, 4) is 5.75 Å². The first-order chi connectivity index (χ1) is 9.74. The second-order valence-corrected chi connectivity index (χ2v) is 6.05. The van der Waals surface area contributed by atoms with Crippen LogP contribution in [0.4, 0.5) is 5.69 Å². The summed E-state index contributed by atoms with van der Waals surface area (Å²) in [7, 11) is 1.66. The van der Waals surface area contributed by atoms with Gasteiger partial charge >= 0.3 is 0 Å². The molecule has 0 radical (unpaired) electrons. The van der Waals surface area contributed by atoms with Gasteiger partial charge < -0.3 is 10.2 Å². The molecule has 2 aromatic rings. The molecule has 3 N–H and O–H groups in total. The van der Waals surface area contributed by atoms with E-state index in [1.807, 2.05) is 12.1 Å². The Morgan fingerprint density at radius 3 is 2.75 bits per heavy atom. The molecule has 4 nitrogen and oxygen atoms in total. The molecular formula is C15H18BrN3O. The van der Waals surface area contributed by atoms with Gasteiger partial charge in [0, 0.05) is 16.1 Å². The Bertz CT molecular complexity index is 639. The van der Waals surface area contributed by atoms with Gasteiger partial charge in [0.2, 0.25) is 0 Å². The number of ether oxygens (including phenoxy) is 1. The highest BCUT2D eigenvalue weighted by molar-refractivity contribution is 9.10. The molecule has 0 aliphatic heterocycles. The summed E-state index contributed by atoms with van der Waals surface area (Å²) in [5, 5.41) is 0.922. The molecule has 1 fully saturated rings. The Morgan fingerprint density at radius 1 is 1.35 bits per heavy atom. The summed E-state index contributed by atoms with van der Waals surface area (Å²) < 4.78 is 6.40. The highest BCUT2D eigenvalue weighted by Gasteiger charge is 2.21. The lowest BCUT2D eigenvalue weighted by molar-refractivity contribution is 0.420. The van der Waals surface area contributed by atoms with Crippen LogP contribution in [0.5, 0.6) is 5.75 Å². The fourth-order valence-corrected chi connectivity index (χ4v) is 3.43. The molecule has 1 aliphatic rings. The molecular weight excluding hydrogens is 318 g/mol. The minimum absolute atomic E-state index is 0.546. The Hall–Kier alpha value is -1.33. The van der Waals surface area contributed by atoms with Gasteiger partial charge in [-0.2, -0.15) is 0 Å². The van der Waals surface area contributed by atoms with E-state index in [-0.39, 0.29) is 0 Å². The number of pyridine rings is 1. The normalized spacial score (nSPS) is 15.8. The Balaban J connectivity index is 2.24. The molecule has 1 aromatic heterocycles. The van der Waals surface area contributed by atoms with Crippen LogP contribution in [-0.4, -0.2) is 12.1 Å². The number of rotatable bonds is 3. The summed E-state index contributed by atoms with van der Waals surface area (Å²) in [5.41, 5.74) is 5.69. The summed E-state index contributed by atoms with van der Waals surface area (Å²) in [6, 6.07) is 5.95. The van der Waals surface area contributed by atoms with Crippen molar-refractivity contribution in [3.05, 3.63) is 28.4 Å². The maximum atomic E-state index is 5.71. The number of hydrazine groups is 1. The largest absolute Gasteiger partial charge is 0.496 e. The van der Waals surface area contributed by atoms with Crippen LogP contribution in [0, 0.1) is 0 Å². The van der Waals surface area contributed by atoms with E-state index in [4.69, 9.17) is 15.6 Å². The monoisotopic (exact) mass is 335 g/mol. The van der Waals surface area contributed by atoms with Crippen molar-refractivity contribution in [2.45, 2.75) is 31.6 Å². The first-order valence-corrected chi connectivity index (χ1v) is 7.67. The molecule has 0 amide bonds. The van der Waals surface area contributed by atoms with Crippen LogP contribution < -0.4 is 16.0 Å². The number of nitrogens with zero attached hydrogens (tertiary/aromatic N) is 1. The predicted molar refractivity (Wildman–Crippen MR) is 85.0 cm³/mol. The molecule has 5 heteroatoms. The number of nitrogens with two attached hydrogens (primary N) is 1. The van der Waals surface area contributed by atoms with E-state index < -0.39 is 0 Å². The van der Waals surface area contributed by atoms with Crippen LogP contribution >= 0.6 is 15.9 Å². The average Bonchev–Trinajstić information content (AvgIpc) is 3.01. The molecule has 106 valence electrons. The zero-order chi connectivity index (χ0) is 14.1. The van der Waals surface area contributed by atoms with Gasteiger partial charge in [0.1, 0.15) is 5.75 Å². The van der Waals surface area contributed by atoms with Gasteiger partial charge in [-0.1, -0.05) is 12.8 Å². The summed E-state index contributed by atoms with van der Waals surface area (Å²) in [6.45, 7) is 0. The molecule has 0 unspecified atom stereocenters. The van der Waals surface area contributed by atoms with Gasteiger partial charge in [0.05, 0.1) is 23.7 Å². The molecule has 3 rings (SSSR count). The van der Waals surface area contributed by atoms with Gasteiger partial charge in [-0.25, -0.2) is 0 Å². The van der Waals surface area contributed by atoms with Gasteiger partial charge in [-0.3, -0.25) is 10.8 Å². The van der Waals surface area contributed by atoms with Crippen LogP contribution in [0.1, 0.15) is 37.3 Å². The smallest absolute Gasteiger partial charge is 0.130 e. The number of benzene rings is 1. The van der Waals surface area contributed by atoms with Gasteiger partial charge in [-0.05, 0) is 47.0 Å². The maximum Gasteiger partial charge on any atom is 0.130 e. The summed E-state index contributed by atoms with van der Waals surface area (Å²) >= 11 is 3.58. The Morgan fingerprint density at radius 2 is 2.10 bits per heavy atom. The summed E-state index contributed by atoms with van der Waals surface area (Å²) in [5.74, 6) is 7.03. The molecule has 20 heavy (non-hydrogen) atoms. The first kappa shape index (κ1) is 13.6. The lowest BCUT2D eigenvalue weighted by Gasteiger charge is -2.16. The van der Waals surface area contributed by atoms with E-state index in [9.17, 15) is 0 Å². The van der Waals surface area contributed by atoms with Crippen molar-refractivity contribution in [2.75, 3.05) is 12.5 Å². The molecule has 0 atom stereocenters. The number of methoxy groups -OCH3 is 1. The Labute approximate surface area is 126 Å². The topological polar surface area (TPSA) is 60.2 Å². The molecule has 1 aromatic carbocycles. The number of halogens is 1. The predicted octanol–water partition coefficient (Wildman–Crippen LogP) is 3.95. The van der Waals surface area contributed by atoms with Crippen molar-refractivity contribution in [3.63, 3.8) is 0 Å². The summed E-state index contributed by atoms with van der Waals surface area (Å²) in [4.78, 5) is 4.85. The second-order valence-electron chi connectivity index (χ2n) is 5.19. The highest BCUT2D eigenvalue weighted by Crippen LogP contribution is 2.40. The lowest BCUT2D eigenvalue weighted by Crippen LogP contribution is -2.10. The number of aromatic nitrogens is 1. The second kappa shape index (κ2) is 5.58. The van der Waals surface area contributed by atoms with Crippen molar-refractivity contribution in [2.24, 2.45) is 5.84 Å². The quantitative estimate of drug-likeness (QED) is 0.658. The third kappa shape index (κ3) is 2.25. The van der Waals surface area contributed by atoms with Crippen LogP contribution in [0.15, 0.2) is 22.7 Å². The zero-order valence-corrected chi connectivity index (χ0v) is 13.0. The maximum absolute atomic E-state index is 5.71. The van der Waals surface area contributed by atoms with Crippen LogP contribution in [0.25, 0.3) is 10.9 Å². The van der Waals surface area contributed by atoms with Crippen molar-refractivity contribution >= 4 is 32.5 Å².